The van der Waals surface area contributed by atoms with Gasteiger partial charge in [0.05, 0.1) is 20.3 Å². The topological polar surface area (TPSA) is 47.6 Å². The molecule has 1 N–H and O–H groups in total. The summed E-state index contributed by atoms with van der Waals surface area (Å²) in [5.74, 6) is 1.36. The minimum absolute atomic E-state index is 0.00670. The first-order valence-corrected chi connectivity index (χ1v) is 8.17. The van der Waals surface area contributed by atoms with E-state index in [1.165, 1.54) is 0 Å². The van der Waals surface area contributed by atoms with Gasteiger partial charge in [-0.25, -0.2) is 0 Å². The molecule has 0 aliphatic heterocycles. The van der Waals surface area contributed by atoms with Gasteiger partial charge in [0.1, 0.15) is 0 Å². The van der Waals surface area contributed by atoms with Crippen LogP contribution >= 0.6 is 11.6 Å². The van der Waals surface area contributed by atoms with Gasteiger partial charge in [0, 0.05) is 11.4 Å². The van der Waals surface area contributed by atoms with E-state index in [2.05, 4.69) is 5.32 Å². The molecule has 0 aliphatic carbocycles. The SMILES string of the molecule is COc1ccc(CCC(=O)NC(C)c2ccc(Cl)cc2)cc1OC. The fourth-order valence-corrected chi connectivity index (χ4v) is 2.57. The summed E-state index contributed by atoms with van der Waals surface area (Å²) in [5.41, 5.74) is 2.06. The first kappa shape index (κ1) is 18.1. The molecule has 4 nitrogen and oxygen atoms in total. The van der Waals surface area contributed by atoms with E-state index in [1.807, 2.05) is 49.4 Å². The number of methoxy groups -OCH3 is 2. The maximum Gasteiger partial charge on any atom is 0.220 e. The monoisotopic (exact) mass is 347 g/mol. The normalized spacial score (nSPS) is 11.7. The summed E-state index contributed by atoms with van der Waals surface area (Å²) in [4.78, 5) is 12.2. The number of amides is 1. The summed E-state index contributed by atoms with van der Waals surface area (Å²) >= 11 is 5.88. The van der Waals surface area contributed by atoms with Crippen molar-refractivity contribution in [3.8, 4) is 11.5 Å². The summed E-state index contributed by atoms with van der Waals surface area (Å²) < 4.78 is 10.5. The minimum Gasteiger partial charge on any atom is -0.493 e. The van der Waals surface area contributed by atoms with Crippen LogP contribution in [0.3, 0.4) is 0 Å². The number of hydrogen-bond donors (Lipinski definition) is 1. The smallest absolute Gasteiger partial charge is 0.220 e. The summed E-state index contributed by atoms with van der Waals surface area (Å²) in [6.45, 7) is 1.96. The van der Waals surface area contributed by atoms with Crippen molar-refractivity contribution in [2.75, 3.05) is 14.2 Å². The first-order chi connectivity index (χ1) is 11.5. The third kappa shape index (κ3) is 4.90. The Balaban J connectivity index is 1.90. The van der Waals surface area contributed by atoms with E-state index >= 15 is 0 Å². The summed E-state index contributed by atoms with van der Waals surface area (Å²) in [6, 6.07) is 13.1. The van der Waals surface area contributed by atoms with Crippen molar-refractivity contribution < 1.29 is 14.3 Å². The molecule has 1 atom stereocenters. The Bertz CT molecular complexity index is 686. The van der Waals surface area contributed by atoms with Gasteiger partial charge in [0.15, 0.2) is 11.5 Å². The quantitative estimate of drug-likeness (QED) is 0.817. The number of hydrogen-bond acceptors (Lipinski definition) is 3. The third-order valence-electron chi connectivity index (χ3n) is 3.84. The van der Waals surface area contributed by atoms with Crippen molar-refractivity contribution in [1.29, 1.82) is 0 Å². The number of aryl methyl sites for hydroxylation is 1. The molecule has 2 aromatic carbocycles. The number of carbonyl (C=O) groups excluding carboxylic acids is 1. The van der Waals surface area contributed by atoms with Gasteiger partial charge in [0.2, 0.25) is 5.91 Å². The standard InChI is InChI=1S/C19H22ClNO3/c1-13(15-6-8-16(20)9-7-15)21-19(22)11-5-14-4-10-17(23-2)18(12-14)24-3/h4,6-10,12-13H,5,11H2,1-3H3,(H,21,22). The second-order valence-corrected chi connectivity index (χ2v) is 5.97. The highest BCUT2D eigenvalue weighted by Crippen LogP contribution is 2.28. The molecule has 0 saturated heterocycles. The molecule has 0 fully saturated rings. The van der Waals surface area contributed by atoms with Gasteiger partial charge in [-0.1, -0.05) is 29.8 Å². The number of halogens is 1. The van der Waals surface area contributed by atoms with E-state index in [1.54, 1.807) is 14.2 Å². The van der Waals surface area contributed by atoms with Crippen LogP contribution in [0.2, 0.25) is 5.02 Å². The van der Waals surface area contributed by atoms with Crippen LogP contribution in [0.25, 0.3) is 0 Å². The van der Waals surface area contributed by atoms with Crippen LogP contribution in [-0.4, -0.2) is 20.1 Å². The fraction of sp³-hybridized carbons (Fsp3) is 0.316. The van der Waals surface area contributed by atoms with Crippen molar-refractivity contribution in [3.05, 3.63) is 58.6 Å². The van der Waals surface area contributed by atoms with Crippen LogP contribution < -0.4 is 14.8 Å². The van der Waals surface area contributed by atoms with Crippen molar-refractivity contribution >= 4 is 17.5 Å². The molecule has 24 heavy (non-hydrogen) atoms. The van der Waals surface area contributed by atoms with E-state index < -0.39 is 0 Å². The number of carbonyl (C=O) groups is 1. The lowest BCUT2D eigenvalue weighted by Gasteiger charge is -2.15. The molecule has 0 aliphatic rings. The highest BCUT2D eigenvalue weighted by atomic mass is 35.5. The van der Waals surface area contributed by atoms with Crippen LogP contribution in [0, 0.1) is 0 Å². The van der Waals surface area contributed by atoms with Gasteiger partial charge in [-0.2, -0.15) is 0 Å². The highest BCUT2D eigenvalue weighted by Gasteiger charge is 2.11. The van der Waals surface area contributed by atoms with Crippen LogP contribution in [-0.2, 0) is 11.2 Å². The van der Waals surface area contributed by atoms with Gasteiger partial charge >= 0.3 is 0 Å². The van der Waals surface area contributed by atoms with Crippen LogP contribution in [0.4, 0.5) is 0 Å². The maximum atomic E-state index is 12.2. The van der Waals surface area contributed by atoms with Gasteiger partial charge < -0.3 is 14.8 Å². The fourth-order valence-electron chi connectivity index (χ4n) is 2.44. The minimum atomic E-state index is -0.0554. The van der Waals surface area contributed by atoms with Crippen molar-refractivity contribution in [2.45, 2.75) is 25.8 Å². The second-order valence-electron chi connectivity index (χ2n) is 5.53. The van der Waals surface area contributed by atoms with E-state index in [4.69, 9.17) is 21.1 Å². The summed E-state index contributed by atoms with van der Waals surface area (Å²) in [7, 11) is 3.20. The lowest BCUT2D eigenvalue weighted by molar-refractivity contribution is -0.121. The van der Waals surface area contributed by atoms with Gasteiger partial charge in [-0.15, -0.1) is 0 Å². The Morgan fingerprint density at radius 3 is 2.38 bits per heavy atom. The van der Waals surface area contributed by atoms with E-state index in [-0.39, 0.29) is 11.9 Å². The molecular weight excluding hydrogens is 326 g/mol. The molecule has 0 spiro atoms. The molecule has 0 radical (unpaired) electrons. The molecule has 128 valence electrons. The van der Waals surface area contributed by atoms with Crippen LogP contribution in [0.15, 0.2) is 42.5 Å². The van der Waals surface area contributed by atoms with Crippen molar-refractivity contribution in [1.82, 2.24) is 5.32 Å². The van der Waals surface area contributed by atoms with E-state index in [9.17, 15) is 4.79 Å². The van der Waals surface area contributed by atoms with Crippen molar-refractivity contribution in [3.63, 3.8) is 0 Å². The largest absolute Gasteiger partial charge is 0.493 e. The van der Waals surface area contributed by atoms with Gasteiger partial charge in [-0.05, 0) is 48.7 Å². The molecule has 2 aromatic rings. The Labute approximate surface area is 147 Å². The van der Waals surface area contributed by atoms with Crippen LogP contribution in [0.1, 0.15) is 30.5 Å². The lowest BCUT2D eigenvalue weighted by atomic mass is 10.1. The zero-order valence-electron chi connectivity index (χ0n) is 14.1. The summed E-state index contributed by atoms with van der Waals surface area (Å²) in [6.07, 6.45) is 1.05. The zero-order chi connectivity index (χ0) is 17.5. The van der Waals surface area contributed by atoms with Crippen molar-refractivity contribution in [2.24, 2.45) is 0 Å². The van der Waals surface area contributed by atoms with Gasteiger partial charge in [0.25, 0.3) is 0 Å². The van der Waals surface area contributed by atoms with E-state index in [0.29, 0.717) is 29.4 Å². The average molecular weight is 348 g/mol. The Morgan fingerprint density at radius 2 is 1.75 bits per heavy atom. The number of rotatable bonds is 7. The zero-order valence-corrected chi connectivity index (χ0v) is 14.9. The third-order valence-corrected chi connectivity index (χ3v) is 4.09. The predicted octanol–water partition coefficient (Wildman–Crippen LogP) is 4.17. The molecule has 0 saturated carbocycles. The second kappa shape index (κ2) is 8.60. The van der Waals surface area contributed by atoms with Gasteiger partial charge in [-0.3, -0.25) is 4.79 Å². The maximum absolute atomic E-state index is 12.2. The Morgan fingerprint density at radius 1 is 1.08 bits per heavy atom. The van der Waals surface area contributed by atoms with E-state index in [0.717, 1.165) is 11.1 Å². The Kier molecular flexibility index (Phi) is 6.50. The Hall–Kier alpha value is -2.20. The molecule has 1 amide bonds. The highest BCUT2D eigenvalue weighted by molar-refractivity contribution is 6.30. The predicted molar refractivity (Wildman–Crippen MR) is 95.9 cm³/mol. The molecule has 5 heteroatoms. The number of ether oxygens (including phenoxy) is 2. The first-order valence-electron chi connectivity index (χ1n) is 7.79. The lowest BCUT2D eigenvalue weighted by Crippen LogP contribution is -2.26. The number of benzene rings is 2. The average Bonchev–Trinajstić information content (AvgIpc) is 2.60. The molecule has 2 rings (SSSR count). The summed E-state index contributed by atoms with van der Waals surface area (Å²) in [5, 5.41) is 3.68. The number of nitrogens with one attached hydrogen (secondary N) is 1. The molecule has 0 heterocycles. The molecule has 1 unspecified atom stereocenters. The molecule has 0 aromatic heterocycles. The molecular formula is C19H22ClNO3. The van der Waals surface area contributed by atoms with Crippen LogP contribution in [0.5, 0.6) is 11.5 Å². The molecule has 0 bridgehead atoms.